The van der Waals surface area contributed by atoms with Gasteiger partial charge in [-0.15, -0.1) is 0 Å². The summed E-state index contributed by atoms with van der Waals surface area (Å²) in [6.07, 6.45) is 14.0. The molecule has 0 fully saturated rings. The number of hydrogen-bond donors (Lipinski definition) is 0. The van der Waals surface area contributed by atoms with E-state index in [1.807, 2.05) is 13.1 Å². The van der Waals surface area contributed by atoms with E-state index in [0.29, 0.717) is 0 Å². The third kappa shape index (κ3) is 1.62. The summed E-state index contributed by atoms with van der Waals surface area (Å²) in [7, 11) is 0. The molecule has 0 atom stereocenters. The van der Waals surface area contributed by atoms with E-state index < -0.39 is 32.3 Å². The molecule has 0 aromatic heterocycles. The zero-order valence-electron chi connectivity index (χ0n) is 9.61. The van der Waals surface area contributed by atoms with Crippen molar-refractivity contribution in [2.75, 3.05) is 0 Å². The summed E-state index contributed by atoms with van der Waals surface area (Å²) in [4.78, 5) is 0. The van der Waals surface area contributed by atoms with E-state index in [-0.39, 0.29) is 0 Å². The first-order chi connectivity index (χ1) is 7.46. The van der Waals surface area contributed by atoms with Crippen LogP contribution in [0.3, 0.4) is 0 Å². The maximum atomic E-state index is 15.4. The van der Waals surface area contributed by atoms with Crippen molar-refractivity contribution < 1.29 is 24.4 Å². The van der Waals surface area contributed by atoms with E-state index >= 15 is 5.25 Å². The first kappa shape index (κ1) is 12.4. The average molecular weight is 319 g/mol. The molecule has 87 valence electrons. The van der Waals surface area contributed by atoms with Gasteiger partial charge in [-0.3, -0.25) is 0 Å². The van der Waals surface area contributed by atoms with E-state index in [2.05, 4.69) is 0 Å². The van der Waals surface area contributed by atoms with Crippen molar-refractivity contribution in [2.24, 2.45) is 0 Å². The number of halogens is 2. The van der Waals surface area contributed by atoms with E-state index in [0.717, 1.165) is 0 Å². The van der Waals surface area contributed by atoms with Crippen molar-refractivity contribution in [3.8, 4) is 0 Å². The van der Waals surface area contributed by atoms with Gasteiger partial charge in [0.2, 0.25) is 0 Å². The molecule has 2 aliphatic carbocycles. The Morgan fingerprint density at radius 1 is 0.812 bits per heavy atom. The van der Waals surface area contributed by atoms with Crippen LogP contribution in [0.15, 0.2) is 48.6 Å². The van der Waals surface area contributed by atoms with Gasteiger partial charge in [0, 0.05) is 0 Å². The molecule has 0 heterocycles. The Hall–Kier alpha value is -0.0800. The molecule has 0 N–H and O–H groups in total. The van der Waals surface area contributed by atoms with Crippen molar-refractivity contribution in [3.63, 3.8) is 0 Å². The molecule has 2 rings (SSSR count). The predicted molar refractivity (Wildman–Crippen MR) is 65.2 cm³/mol. The molecular formula is C12H17F2SiZr. The summed E-state index contributed by atoms with van der Waals surface area (Å²) in [5.74, 6) is -1.95. The van der Waals surface area contributed by atoms with E-state index in [9.17, 15) is 0 Å². The van der Waals surface area contributed by atoms with Gasteiger partial charge in [-0.2, -0.15) is 0 Å². The first-order valence-corrected chi connectivity index (χ1v) is 17.6. The number of hydrogen-bond acceptors (Lipinski definition) is 0. The van der Waals surface area contributed by atoms with Gasteiger partial charge in [-0.1, -0.05) is 0 Å². The van der Waals surface area contributed by atoms with Crippen LogP contribution in [0.2, 0.25) is 20.3 Å². The Balaban J connectivity index is 2.47. The van der Waals surface area contributed by atoms with Crippen molar-refractivity contribution in [1.82, 2.24) is 0 Å². The normalized spacial score (nSPS) is 23.4. The summed E-state index contributed by atoms with van der Waals surface area (Å²) in [6, 6.07) is 0. The number of rotatable bonds is 3. The first-order valence-electron chi connectivity index (χ1n) is 5.73. The molecule has 0 spiro atoms. The minimum absolute atomic E-state index is 0.537. The monoisotopic (exact) mass is 317 g/mol. The van der Waals surface area contributed by atoms with Crippen LogP contribution in [0.1, 0.15) is 0 Å². The molecule has 0 unspecified atom stereocenters. The Labute approximate surface area is 98.9 Å². The summed E-state index contributed by atoms with van der Waals surface area (Å²) in [5.41, 5.74) is 0. The molecule has 0 saturated heterocycles. The van der Waals surface area contributed by atoms with Gasteiger partial charge in [0.25, 0.3) is 0 Å². The molecule has 0 aliphatic heterocycles. The summed E-state index contributed by atoms with van der Waals surface area (Å²) < 4.78 is 29.8. The van der Waals surface area contributed by atoms with E-state index in [1.54, 1.807) is 48.6 Å². The van der Waals surface area contributed by atoms with Gasteiger partial charge in [0.05, 0.1) is 0 Å². The predicted octanol–water partition coefficient (Wildman–Crippen LogP) is 4.26. The third-order valence-electron chi connectivity index (χ3n) is 3.87. The van der Waals surface area contributed by atoms with Crippen LogP contribution < -0.4 is 0 Å². The molecule has 0 bridgehead atoms. The number of allylic oxidation sites excluding steroid dienone is 8. The summed E-state index contributed by atoms with van der Waals surface area (Å²) in [6.45, 7) is 3.65. The van der Waals surface area contributed by atoms with E-state index in [4.69, 9.17) is 0 Å². The molecule has 0 radical (unpaired) electrons. The molecule has 0 amide bonds. The quantitative estimate of drug-likeness (QED) is 0.682. The van der Waals surface area contributed by atoms with Gasteiger partial charge in [-0.25, -0.2) is 0 Å². The van der Waals surface area contributed by atoms with Crippen LogP contribution in [0, 0.1) is 0 Å². The zero-order valence-corrected chi connectivity index (χ0v) is 13.2. The molecule has 0 saturated carbocycles. The van der Waals surface area contributed by atoms with Crippen LogP contribution in [0.5, 0.6) is 0 Å². The van der Waals surface area contributed by atoms with Crippen molar-refractivity contribution in [3.05, 3.63) is 48.6 Å². The second-order valence-electron chi connectivity index (χ2n) is 4.97. The van der Waals surface area contributed by atoms with Crippen LogP contribution in [0.25, 0.3) is 0 Å². The molecule has 0 aromatic rings. The minimum atomic E-state index is -5.66. The summed E-state index contributed by atoms with van der Waals surface area (Å²) in [5, 5.41) is 0. The molecule has 0 nitrogen and oxygen atoms in total. The topological polar surface area (TPSA) is 0 Å². The average Bonchev–Trinajstić information content (AvgIpc) is 2.92. The van der Waals surface area contributed by atoms with Gasteiger partial charge in [0.1, 0.15) is 0 Å². The van der Waals surface area contributed by atoms with Crippen LogP contribution in [0.4, 0.5) is 5.25 Å². The molecule has 0 aromatic carbocycles. The van der Waals surface area contributed by atoms with Gasteiger partial charge < -0.3 is 0 Å². The Kier molecular flexibility index (Phi) is 3.09. The second-order valence-corrected chi connectivity index (χ2v) is 31.6. The molecular weight excluding hydrogens is 301 g/mol. The Bertz CT molecular complexity index is 351. The van der Waals surface area contributed by atoms with Crippen LogP contribution in [-0.2, 0) is 19.2 Å². The fourth-order valence-corrected chi connectivity index (χ4v) is 23.9. The molecule has 2 aliphatic rings. The Morgan fingerprint density at radius 3 is 1.38 bits per heavy atom. The fourth-order valence-electron chi connectivity index (χ4n) is 2.59. The van der Waals surface area contributed by atoms with Gasteiger partial charge >= 0.3 is 99.3 Å². The summed E-state index contributed by atoms with van der Waals surface area (Å²) >= 11 is -5.66. The van der Waals surface area contributed by atoms with Crippen LogP contribution in [-0.4, -0.2) is 5.92 Å². The Morgan fingerprint density at radius 2 is 1.12 bits per heavy atom. The van der Waals surface area contributed by atoms with Gasteiger partial charge in [-0.05, 0) is 0 Å². The third-order valence-corrected chi connectivity index (χ3v) is 35.1. The van der Waals surface area contributed by atoms with Crippen molar-refractivity contribution in [2.45, 2.75) is 20.3 Å². The maximum absolute atomic E-state index is 15.4. The van der Waals surface area contributed by atoms with Gasteiger partial charge in [0.15, 0.2) is 0 Å². The van der Waals surface area contributed by atoms with Crippen molar-refractivity contribution in [1.29, 1.82) is 0 Å². The van der Waals surface area contributed by atoms with E-state index in [1.165, 1.54) is 0 Å². The zero-order chi connectivity index (χ0) is 11.8. The van der Waals surface area contributed by atoms with Crippen LogP contribution >= 0.6 is 0 Å². The second kappa shape index (κ2) is 3.99. The van der Waals surface area contributed by atoms with Crippen molar-refractivity contribution >= 4 is 5.92 Å². The molecule has 4 heteroatoms. The fraction of sp³-hybridized carbons (Fsp3) is 0.333. The standard InChI is InChI=1S/2C5H5.C2H7Si.2FH.Zr/c2*1-2-4-5-3-1;1-3-2;;;/h2*1-5H;3H,1-2H3;2*1H;/q;;;;;+2/p-2. The SMILES string of the molecule is C[SiH](C)[Zr]([F])([F])([CH]1C=CC=C1)[CH]1C=CC=C1. The molecule has 16 heavy (non-hydrogen) atoms.